The number of fused-ring (bicyclic) bond motifs is 1. The number of aromatic nitrogens is 1. The summed E-state index contributed by atoms with van der Waals surface area (Å²) in [6.45, 7) is 4.87. The van der Waals surface area contributed by atoms with Crippen LogP contribution in [0.3, 0.4) is 0 Å². The van der Waals surface area contributed by atoms with Crippen LogP contribution in [0.25, 0.3) is 10.2 Å². The molecule has 0 radical (unpaired) electrons. The van der Waals surface area contributed by atoms with Crippen LogP contribution in [0, 0.1) is 0 Å². The first-order valence-electron chi connectivity index (χ1n) is 13.5. The molecule has 8 nitrogen and oxygen atoms in total. The van der Waals surface area contributed by atoms with Gasteiger partial charge in [-0.15, -0.1) is 11.3 Å². The average molecular weight is 567 g/mol. The van der Waals surface area contributed by atoms with E-state index in [1.54, 1.807) is 35.2 Å². The normalized spacial score (nSPS) is 20.1. The number of nitrogens with one attached hydrogen (secondary N) is 2. The second-order valence-electron chi connectivity index (χ2n) is 10.3. The van der Waals surface area contributed by atoms with Gasteiger partial charge < -0.3 is 20.3 Å². The van der Waals surface area contributed by atoms with E-state index in [1.165, 1.54) is 42.4 Å². The van der Waals surface area contributed by atoms with Gasteiger partial charge in [-0.3, -0.25) is 14.4 Å². The van der Waals surface area contributed by atoms with E-state index in [0.717, 1.165) is 27.4 Å². The van der Waals surface area contributed by atoms with E-state index in [-0.39, 0.29) is 29.9 Å². The number of carbonyl (C=O) groups excluding carboxylic acids is 3. The van der Waals surface area contributed by atoms with Gasteiger partial charge in [0.2, 0.25) is 5.91 Å². The number of hydrogen-bond donors (Lipinski definition) is 2. The van der Waals surface area contributed by atoms with Gasteiger partial charge in [0, 0.05) is 24.8 Å². The molecule has 0 bridgehead atoms. The van der Waals surface area contributed by atoms with Crippen molar-refractivity contribution in [3.05, 3.63) is 53.6 Å². The van der Waals surface area contributed by atoms with E-state index >= 15 is 0 Å². The standard InChI is InChI=1S/C29H34N4O4S2/c1-18-15-33(16-19(2)37-18)28(36)23-11-7-6-10-22(23)27(35)31-21-12-13-24-25(14-21)39-29(32-24)38-17-26(34)30-20-8-4-3-5-9-20/h6-7,10-14,18-20H,3-5,8-9,15-17H2,1-2H3,(H,30,34)(H,31,35). The van der Waals surface area contributed by atoms with Crippen LogP contribution in [0.1, 0.15) is 66.7 Å². The number of benzene rings is 2. The van der Waals surface area contributed by atoms with Crippen molar-refractivity contribution in [3.63, 3.8) is 0 Å². The number of morpholine rings is 1. The maximum absolute atomic E-state index is 13.3. The third-order valence-corrected chi connectivity index (χ3v) is 9.19. The van der Waals surface area contributed by atoms with Gasteiger partial charge in [-0.1, -0.05) is 43.2 Å². The lowest BCUT2D eigenvalue weighted by molar-refractivity contribution is -0.119. The molecule has 2 aromatic carbocycles. The predicted octanol–water partition coefficient (Wildman–Crippen LogP) is 5.34. The Hall–Kier alpha value is -2.95. The lowest BCUT2D eigenvalue weighted by atomic mass is 9.95. The van der Waals surface area contributed by atoms with E-state index in [4.69, 9.17) is 4.74 Å². The summed E-state index contributed by atoms with van der Waals surface area (Å²) >= 11 is 2.93. The van der Waals surface area contributed by atoms with Crippen LogP contribution in [0.5, 0.6) is 0 Å². The van der Waals surface area contributed by atoms with E-state index in [1.807, 2.05) is 26.0 Å². The molecule has 2 N–H and O–H groups in total. The van der Waals surface area contributed by atoms with Crippen LogP contribution in [0.4, 0.5) is 5.69 Å². The lowest BCUT2D eigenvalue weighted by Crippen LogP contribution is -2.48. The highest BCUT2D eigenvalue weighted by atomic mass is 32.2. The third kappa shape index (κ3) is 6.98. The number of thiazole rings is 1. The average Bonchev–Trinajstić information content (AvgIpc) is 3.34. The second-order valence-corrected chi connectivity index (χ2v) is 12.6. The summed E-state index contributed by atoms with van der Waals surface area (Å²) in [5.41, 5.74) is 2.15. The highest BCUT2D eigenvalue weighted by Gasteiger charge is 2.29. The zero-order chi connectivity index (χ0) is 27.4. The van der Waals surface area contributed by atoms with Crippen LogP contribution in [-0.2, 0) is 9.53 Å². The first-order valence-corrected chi connectivity index (χ1v) is 15.3. The summed E-state index contributed by atoms with van der Waals surface area (Å²) in [7, 11) is 0. The minimum absolute atomic E-state index is 0.0494. The van der Waals surface area contributed by atoms with Crippen LogP contribution >= 0.6 is 23.1 Å². The molecule has 1 aliphatic heterocycles. The summed E-state index contributed by atoms with van der Waals surface area (Å²) < 4.78 is 7.49. The van der Waals surface area contributed by atoms with Crippen LogP contribution < -0.4 is 10.6 Å². The fraction of sp³-hybridized carbons (Fsp3) is 0.448. The van der Waals surface area contributed by atoms with Crippen LogP contribution in [0.2, 0.25) is 0 Å². The predicted molar refractivity (Wildman–Crippen MR) is 156 cm³/mol. The molecular formula is C29H34N4O4S2. The van der Waals surface area contributed by atoms with Crippen molar-refractivity contribution in [1.82, 2.24) is 15.2 Å². The van der Waals surface area contributed by atoms with Crippen molar-refractivity contribution in [2.75, 3.05) is 24.2 Å². The molecule has 39 heavy (non-hydrogen) atoms. The summed E-state index contributed by atoms with van der Waals surface area (Å²) in [5.74, 6) is -0.125. The Balaban J connectivity index is 1.23. The molecule has 1 saturated carbocycles. The molecule has 5 rings (SSSR count). The molecule has 3 amide bonds. The summed E-state index contributed by atoms with van der Waals surface area (Å²) in [5, 5.41) is 6.09. The molecular weight excluding hydrogens is 532 g/mol. The van der Waals surface area contributed by atoms with Crippen molar-refractivity contribution in [2.24, 2.45) is 0 Å². The lowest BCUT2D eigenvalue weighted by Gasteiger charge is -2.35. The van der Waals surface area contributed by atoms with Crippen LogP contribution in [-0.4, -0.2) is 64.7 Å². The Bertz CT molecular complexity index is 1340. The molecule has 206 valence electrons. The molecule has 1 aromatic heterocycles. The van der Waals surface area contributed by atoms with E-state index in [9.17, 15) is 14.4 Å². The molecule has 10 heteroatoms. The van der Waals surface area contributed by atoms with Crippen molar-refractivity contribution in [2.45, 2.75) is 68.5 Å². The van der Waals surface area contributed by atoms with Gasteiger partial charge in [-0.2, -0.15) is 0 Å². The van der Waals surface area contributed by atoms with Gasteiger partial charge >= 0.3 is 0 Å². The number of hydrogen-bond acceptors (Lipinski definition) is 7. The minimum Gasteiger partial charge on any atom is -0.372 e. The molecule has 3 aromatic rings. The number of amides is 3. The number of rotatable bonds is 7. The van der Waals surface area contributed by atoms with Crippen LogP contribution in [0.15, 0.2) is 46.8 Å². The SMILES string of the molecule is CC1CN(C(=O)c2ccccc2C(=O)Nc2ccc3nc(SCC(=O)NC4CCCCC4)sc3c2)CC(C)O1. The van der Waals surface area contributed by atoms with Gasteiger partial charge in [0.1, 0.15) is 0 Å². The van der Waals surface area contributed by atoms with Gasteiger partial charge in [-0.05, 0) is 57.0 Å². The van der Waals surface area contributed by atoms with Gasteiger partial charge in [0.25, 0.3) is 11.8 Å². The second kappa shape index (κ2) is 12.5. The van der Waals surface area contributed by atoms with Crippen molar-refractivity contribution < 1.29 is 19.1 Å². The fourth-order valence-corrected chi connectivity index (χ4v) is 7.19. The Morgan fingerprint density at radius 3 is 2.49 bits per heavy atom. The smallest absolute Gasteiger partial charge is 0.256 e. The number of carbonyl (C=O) groups is 3. The van der Waals surface area contributed by atoms with E-state index in [0.29, 0.717) is 41.7 Å². The Morgan fingerprint density at radius 2 is 1.74 bits per heavy atom. The largest absolute Gasteiger partial charge is 0.372 e. The number of anilines is 1. The molecule has 2 atom stereocenters. The maximum Gasteiger partial charge on any atom is 0.256 e. The summed E-state index contributed by atoms with van der Waals surface area (Å²) in [6, 6.07) is 12.8. The highest BCUT2D eigenvalue weighted by molar-refractivity contribution is 8.01. The Labute approximate surface area is 236 Å². The molecule has 1 aliphatic carbocycles. The molecule has 2 unspecified atom stereocenters. The topological polar surface area (TPSA) is 101 Å². The Morgan fingerprint density at radius 1 is 1.03 bits per heavy atom. The quantitative estimate of drug-likeness (QED) is 0.375. The zero-order valence-corrected chi connectivity index (χ0v) is 23.9. The number of thioether (sulfide) groups is 1. The van der Waals surface area contributed by atoms with Gasteiger partial charge in [0.15, 0.2) is 4.34 Å². The van der Waals surface area contributed by atoms with Crippen molar-refractivity contribution >= 4 is 56.7 Å². The van der Waals surface area contributed by atoms with E-state index in [2.05, 4.69) is 15.6 Å². The highest BCUT2D eigenvalue weighted by Crippen LogP contribution is 2.31. The first-order chi connectivity index (χ1) is 18.9. The maximum atomic E-state index is 13.3. The third-order valence-electron chi connectivity index (χ3n) is 7.03. The number of ether oxygens (including phenoxy) is 1. The monoisotopic (exact) mass is 566 g/mol. The van der Waals surface area contributed by atoms with E-state index < -0.39 is 0 Å². The minimum atomic E-state index is -0.342. The van der Waals surface area contributed by atoms with Crippen molar-refractivity contribution in [3.8, 4) is 0 Å². The molecule has 0 spiro atoms. The van der Waals surface area contributed by atoms with Crippen molar-refractivity contribution in [1.29, 1.82) is 0 Å². The first kappa shape index (κ1) is 27.6. The zero-order valence-electron chi connectivity index (χ0n) is 22.3. The van der Waals surface area contributed by atoms with Gasteiger partial charge in [-0.25, -0.2) is 4.98 Å². The molecule has 2 heterocycles. The summed E-state index contributed by atoms with van der Waals surface area (Å²) in [6.07, 6.45) is 5.64. The molecule has 2 aliphatic rings. The molecule has 2 fully saturated rings. The van der Waals surface area contributed by atoms with Gasteiger partial charge in [0.05, 0.1) is 39.3 Å². The molecule has 1 saturated heterocycles. The number of nitrogens with zero attached hydrogens (tertiary/aromatic N) is 2. The fourth-order valence-electron chi connectivity index (χ4n) is 5.27. The Kier molecular flexibility index (Phi) is 8.84. The summed E-state index contributed by atoms with van der Waals surface area (Å²) in [4.78, 5) is 45.4.